The van der Waals surface area contributed by atoms with Gasteiger partial charge in [0.15, 0.2) is 17.3 Å². The molecule has 0 fully saturated rings. The summed E-state index contributed by atoms with van der Waals surface area (Å²) in [6.07, 6.45) is 1.59. The summed E-state index contributed by atoms with van der Waals surface area (Å²) in [4.78, 5) is 18.3. The number of halogens is 3. The maximum atomic E-state index is 13.6. The van der Waals surface area contributed by atoms with Crippen molar-refractivity contribution in [1.82, 2.24) is 9.66 Å². The third-order valence-electron chi connectivity index (χ3n) is 6.32. The van der Waals surface area contributed by atoms with E-state index in [1.54, 1.807) is 55.8 Å². The maximum Gasteiger partial charge on any atom is 0.282 e. The third-order valence-corrected chi connectivity index (χ3v) is 7.89. The van der Waals surface area contributed by atoms with Gasteiger partial charge in [0, 0.05) is 14.9 Å². The number of nitrogens with zero attached hydrogens (tertiary/aromatic N) is 3. The molecule has 204 valence electrons. The van der Waals surface area contributed by atoms with Crippen molar-refractivity contribution in [2.45, 2.75) is 6.61 Å². The van der Waals surface area contributed by atoms with Crippen molar-refractivity contribution in [1.29, 1.82) is 0 Å². The molecule has 0 aliphatic heterocycles. The lowest BCUT2D eigenvalue weighted by atomic mass is 10.2. The molecule has 10 heteroatoms. The zero-order valence-corrected chi connectivity index (χ0v) is 26.0. The van der Waals surface area contributed by atoms with E-state index in [-0.39, 0.29) is 11.4 Å². The number of hydrogen-bond donors (Lipinski definition) is 0. The zero-order chi connectivity index (χ0) is 28.5. The molecule has 6 rings (SSSR count). The zero-order valence-electron chi connectivity index (χ0n) is 21.5. The molecule has 0 saturated carbocycles. The van der Waals surface area contributed by atoms with Crippen LogP contribution in [-0.4, -0.2) is 23.0 Å². The topological polar surface area (TPSA) is 78.9 Å². The molecule has 0 amide bonds. The average molecular weight is 741 g/mol. The number of benzene rings is 4. The quantitative estimate of drug-likeness (QED) is 0.122. The fraction of sp³-hybridized carbons (Fsp3) is 0.0645. The van der Waals surface area contributed by atoms with Gasteiger partial charge in [-0.25, -0.2) is 4.98 Å². The third kappa shape index (κ3) is 5.74. The van der Waals surface area contributed by atoms with Crippen LogP contribution in [0.2, 0.25) is 5.02 Å². The molecule has 2 aromatic heterocycles. The summed E-state index contributed by atoms with van der Waals surface area (Å²) in [7, 11) is 1.59. The van der Waals surface area contributed by atoms with Gasteiger partial charge in [-0.2, -0.15) is 9.78 Å². The fourth-order valence-corrected chi connectivity index (χ4v) is 5.56. The van der Waals surface area contributed by atoms with Gasteiger partial charge >= 0.3 is 0 Å². The Bertz CT molecular complexity index is 2000. The summed E-state index contributed by atoms with van der Waals surface area (Å²) in [6.45, 7) is 0.386. The predicted octanol–water partition coefficient (Wildman–Crippen LogP) is 8.30. The first-order chi connectivity index (χ1) is 19.9. The minimum atomic E-state index is -0.323. The van der Waals surface area contributed by atoms with E-state index in [2.05, 4.69) is 43.6 Å². The fourth-order valence-electron chi connectivity index (χ4n) is 4.33. The molecule has 6 aromatic rings. The van der Waals surface area contributed by atoms with Gasteiger partial charge in [-0.3, -0.25) is 4.79 Å². The SMILES string of the molecule is COc1cc(C=Nn2c(-c3cc4cc(Cl)ccc4o3)nc3ccccc3c2=O)cc(I)c1OCc1ccc(Br)cc1. The van der Waals surface area contributed by atoms with Crippen molar-refractivity contribution in [2.24, 2.45) is 5.10 Å². The second kappa shape index (κ2) is 11.7. The van der Waals surface area contributed by atoms with E-state index in [0.29, 0.717) is 50.9 Å². The first-order valence-corrected chi connectivity index (χ1v) is 14.6. The number of fused-ring (bicyclic) bond motifs is 2. The Hall–Kier alpha value is -3.67. The maximum absolute atomic E-state index is 13.6. The van der Waals surface area contributed by atoms with Crippen molar-refractivity contribution < 1.29 is 13.9 Å². The van der Waals surface area contributed by atoms with E-state index in [9.17, 15) is 4.79 Å². The van der Waals surface area contributed by atoms with Gasteiger partial charge in [0.25, 0.3) is 5.56 Å². The minimum absolute atomic E-state index is 0.272. The lowest BCUT2D eigenvalue weighted by Crippen LogP contribution is -2.20. The monoisotopic (exact) mass is 739 g/mol. The van der Waals surface area contributed by atoms with Crippen LogP contribution in [0.5, 0.6) is 11.5 Å². The number of aromatic nitrogens is 2. The number of ether oxygens (including phenoxy) is 2. The molecular formula is C31H20BrClIN3O4. The van der Waals surface area contributed by atoms with Crippen LogP contribution in [0.4, 0.5) is 0 Å². The summed E-state index contributed by atoms with van der Waals surface area (Å²) in [5.41, 5.74) is 2.59. The van der Waals surface area contributed by atoms with E-state index in [0.717, 1.165) is 19.0 Å². The molecular weight excluding hydrogens is 721 g/mol. The number of furan rings is 1. The minimum Gasteiger partial charge on any atom is -0.493 e. The van der Waals surface area contributed by atoms with E-state index in [1.165, 1.54) is 4.68 Å². The highest BCUT2D eigenvalue weighted by molar-refractivity contribution is 14.1. The van der Waals surface area contributed by atoms with Crippen LogP contribution in [-0.2, 0) is 6.61 Å². The molecule has 0 spiro atoms. The molecule has 7 nitrogen and oxygen atoms in total. The standard InChI is InChI=1S/C31H20BrClIN3O4/c1-39-27-13-19(12-24(34)29(27)40-17-18-6-8-21(32)9-7-18)16-35-37-30(36-25-5-3-2-4-23(25)31(37)38)28-15-20-14-22(33)10-11-26(20)41-28/h2-16H,17H2,1H3. The van der Waals surface area contributed by atoms with E-state index < -0.39 is 0 Å². The van der Waals surface area contributed by atoms with Gasteiger partial charge in [-0.05, 0) is 94.4 Å². The molecule has 0 aliphatic carbocycles. The first-order valence-electron chi connectivity index (χ1n) is 12.4. The molecule has 0 N–H and O–H groups in total. The highest BCUT2D eigenvalue weighted by Gasteiger charge is 2.17. The number of para-hydroxylation sites is 1. The number of hydrogen-bond acceptors (Lipinski definition) is 6. The van der Waals surface area contributed by atoms with Crippen molar-refractivity contribution in [3.05, 3.63) is 119 Å². The summed E-state index contributed by atoms with van der Waals surface area (Å²) < 4.78 is 20.9. The van der Waals surface area contributed by atoms with Crippen LogP contribution in [0.15, 0.2) is 104 Å². The van der Waals surface area contributed by atoms with Crippen LogP contribution in [0.1, 0.15) is 11.1 Å². The summed E-state index contributed by atoms with van der Waals surface area (Å²) in [5, 5.41) is 6.38. The normalized spacial score (nSPS) is 11.5. The Morgan fingerprint density at radius 2 is 1.88 bits per heavy atom. The molecule has 0 unspecified atom stereocenters. The lowest BCUT2D eigenvalue weighted by molar-refractivity contribution is 0.282. The van der Waals surface area contributed by atoms with Crippen LogP contribution < -0.4 is 15.0 Å². The molecule has 0 radical (unpaired) electrons. The van der Waals surface area contributed by atoms with Crippen LogP contribution in [0, 0.1) is 3.57 Å². The van der Waals surface area contributed by atoms with Gasteiger partial charge in [0.1, 0.15) is 12.2 Å². The first kappa shape index (κ1) is 27.5. The predicted molar refractivity (Wildman–Crippen MR) is 173 cm³/mol. The number of rotatable bonds is 7. The van der Waals surface area contributed by atoms with E-state index in [4.69, 9.17) is 30.5 Å². The highest BCUT2D eigenvalue weighted by atomic mass is 127. The second-order valence-electron chi connectivity index (χ2n) is 9.06. The van der Waals surface area contributed by atoms with Crippen LogP contribution in [0.25, 0.3) is 33.5 Å². The van der Waals surface area contributed by atoms with Crippen molar-refractivity contribution in [3.63, 3.8) is 0 Å². The molecule has 2 heterocycles. The highest BCUT2D eigenvalue weighted by Crippen LogP contribution is 2.34. The van der Waals surface area contributed by atoms with Gasteiger partial charge < -0.3 is 13.9 Å². The molecule has 0 aliphatic rings. The van der Waals surface area contributed by atoms with Crippen molar-refractivity contribution in [2.75, 3.05) is 7.11 Å². The Kier molecular flexibility index (Phi) is 7.83. The number of methoxy groups -OCH3 is 1. The van der Waals surface area contributed by atoms with Gasteiger partial charge in [-0.1, -0.05) is 51.8 Å². The Morgan fingerprint density at radius 3 is 2.68 bits per heavy atom. The Morgan fingerprint density at radius 1 is 1.07 bits per heavy atom. The molecule has 0 saturated heterocycles. The van der Waals surface area contributed by atoms with Crippen LogP contribution >= 0.6 is 50.1 Å². The second-order valence-corrected chi connectivity index (χ2v) is 11.6. The Balaban J connectivity index is 1.39. The van der Waals surface area contributed by atoms with Crippen LogP contribution in [0.3, 0.4) is 0 Å². The molecule has 41 heavy (non-hydrogen) atoms. The molecule has 0 bridgehead atoms. The van der Waals surface area contributed by atoms with Crippen molar-refractivity contribution >= 4 is 78.2 Å². The molecule has 4 aromatic carbocycles. The Labute approximate surface area is 261 Å². The van der Waals surface area contributed by atoms with Gasteiger partial charge in [-0.15, -0.1) is 0 Å². The molecule has 0 atom stereocenters. The van der Waals surface area contributed by atoms with Crippen molar-refractivity contribution in [3.8, 4) is 23.1 Å². The summed E-state index contributed by atoms with van der Waals surface area (Å²) in [5.74, 6) is 1.84. The summed E-state index contributed by atoms with van der Waals surface area (Å²) in [6, 6.07) is 25.9. The van der Waals surface area contributed by atoms with E-state index >= 15 is 0 Å². The largest absolute Gasteiger partial charge is 0.493 e. The lowest BCUT2D eigenvalue weighted by Gasteiger charge is -2.14. The van der Waals surface area contributed by atoms with Gasteiger partial charge in [0.2, 0.25) is 5.82 Å². The average Bonchev–Trinajstić information content (AvgIpc) is 3.39. The van der Waals surface area contributed by atoms with E-state index in [1.807, 2.05) is 42.5 Å². The van der Waals surface area contributed by atoms with Gasteiger partial charge in [0.05, 0.1) is 27.8 Å². The smallest absolute Gasteiger partial charge is 0.282 e. The summed E-state index contributed by atoms with van der Waals surface area (Å²) >= 11 is 11.8.